The molecule has 0 N–H and O–H groups in total. The van der Waals surface area contributed by atoms with E-state index < -0.39 is 23.8 Å². The van der Waals surface area contributed by atoms with E-state index in [1.165, 1.54) is 40.6 Å². The molecular formula is C22H27O7P. The fraction of sp³-hybridized carbons (Fsp3) is 0.364. The minimum absolute atomic E-state index is 0.00744. The number of methoxy groups -OCH3 is 4. The SMILES string of the molecule is CCC(C)P(=O)(C(=O)c1ccc(OC)cc1OC)C(=O)c1c(OC)cccc1OC. The minimum atomic E-state index is -4.14. The summed E-state index contributed by atoms with van der Waals surface area (Å²) in [5.41, 5.74) is -2.21. The zero-order chi connectivity index (χ0) is 22.5. The summed E-state index contributed by atoms with van der Waals surface area (Å²) in [4.78, 5) is 27.2. The third-order valence-electron chi connectivity index (χ3n) is 5.10. The Morgan fingerprint density at radius 3 is 1.90 bits per heavy atom. The van der Waals surface area contributed by atoms with Crippen molar-refractivity contribution in [3.8, 4) is 23.0 Å². The second kappa shape index (κ2) is 9.81. The molecule has 0 saturated heterocycles. The van der Waals surface area contributed by atoms with Gasteiger partial charge in [-0.2, -0.15) is 0 Å². The smallest absolute Gasteiger partial charge is 0.236 e. The van der Waals surface area contributed by atoms with Crippen molar-refractivity contribution in [3.63, 3.8) is 0 Å². The lowest BCUT2D eigenvalue weighted by Gasteiger charge is -2.24. The molecule has 0 spiro atoms. The first-order valence-electron chi connectivity index (χ1n) is 9.42. The van der Waals surface area contributed by atoms with Crippen LogP contribution >= 0.6 is 7.14 Å². The van der Waals surface area contributed by atoms with Crippen molar-refractivity contribution >= 4 is 18.2 Å². The van der Waals surface area contributed by atoms with Crippen molar-refractivity contribution < 1.29 is 33.1 Å². The van der Waals surface area contributed by atoms with Gasteiger partial charge < -0.3 is 23.5 Å². The van der Waals surface area contributed by atoms with Crippen molar-refractivity contribution in [2.45, 2.75) is 25.9 Å². The average Bonchev–Trinajstić information content (AvgIpc) is 2.80. The molecule has 0 aliphatic rings. The van der Waals surface area contributed by atoms with Crippen LogP contribution in [0.5, 0.6) is 23.0 Å². The Hall–Kier alpha value is -2.79. The van der Waals surface area contributed by atoms with Crippen LogP contribution in [-0.2, 0) is 4.57 Å². The second-order valence-electron chi connectivity index (χ2n) is 6.63. The normalized spacial score (nSPS) is 13.7. The zero-order valence-electron chi connectivity index (χ0n) is 18.1. The molecule has 8 heteroatoms. The van der Waals surface area contributed by atoms with Gasteiger partial charge in [-0.25, -0.2) is 0 Å². The molecule has 0 aromatic heterocycles. The first-order chi connectivity index (χ1) is 14.3. The number of ether oxygens (including phenoxy) is 4. The van der Waals surface area contributed by atoms with Gasteiger partial charge in [0.25, 0.3) is 0 Å². The summed E-state index contributed by atoms with van der Waals surface area (Å²) in [6.45, 7) is 3.41. The van der Waals surface area contributed by atoms with E-state index in [1.807, 2.05) is 0 Å². The summed E-state index contributed by atoms with van der Waals surface area (Å²) in [6.07, 6.45) is 0.366. The molecule has 0 aliphatic heterocycles. The van der Waals surface area contributed by atoms with Crippen LogP contribution in [-0.4, -0.2) is 45.1 Å². The van der Waals surface area contributed by atoms with E-state index in [0.29, 0.717) is 12.2 Å². The van der Waals surface area contributed by atoms with E-state index in [-0.39, 0.29) is 28.4 Å². The fourth-order valence-electron chi connectivity index (χ4n) is 3.13. The molecule has 0 bridgehead atoms. The summed E-state index contributed by atoms with van der Waals surface area (Å²) in [6, 6.07) is 9.32. The summed E-state index contributed by atoms with van der Waals surface area (Å²) in [5, 5.41) is 0. The Morgan fingerprint density at radius 1 is 0.867 bits per heavy atom. The van der Waals surface area contributed by atoms with Gasteiger partial charge in [-0.3, -0.25) is 9.59 Å². The van der Waals surface area contributed by atoms with Gasteiger partial charge in [-0.05, 0) is 30.7 Å². The maximum atomic E-state index is 14.2. The fourth-order valence-corrected chi connectivity index (χ4v) is 5.73. The van der Waals surface area contributed by atoms with E-state index >= 15 is 0 Å². The maximum absolute atomic E-state index is 14.2. The topological polar surface area (TPSA) is 88.1 Å². The quantitative estimate of drug-likeness (QED) is 0.493. The molecule has 7 nitrogen and oxygen atoms in total. The molecule has 2 rings (SSSR count). The van der Waals surface area contributed by atoms with Gasteiger partial charge in [0.15, 0.2) is 0 Å². The highest BCUT2D eigenvalue weighted by Crippen LogP contribution is 2.59. The highest BCUT2D eigenvalue weighted by atomic mass is 31.2. The lowest BCUT2D eigenvalue weighted by Crippen LogP contribution is -2.20. The largest absolute Gasteiger partial charge is 0.497 e. The molecule has 0 heterocycles. The Labute approximate surface area is 176 Å². The van der Waals surface area contributed by atoms with Crippen LogP contribution in [0.3, 0.4) is 0 Å². The molecule has 162 valence electrons. The molecule has 2 aromatic carbocycles. The molecule has 0 radical (unpaired) electrons. The summed E-state index contributed by atoms with van der Waals surface area (Å²) < 4.78 is 35.3. The standard InChI is InChI=1S/C22H27O7P/c1-7-14(2)30(25,21(23)16-12-11-15(26-3)13-19(16)29-6)22(24)20-17(27-4)9-8-10-18(20)28-5/h8-14H,7H2,1-6H3. The third-order valence-corrected chi connectivity index (χ3v) is 8.37. The van der Waals surface area contributed by atoms with E-state index in [1.54, 1.807) is 38.1 Å². The monoisotopic (exact) mass is 434 g/mol. The molecular weight excluding hydrogens is 407 g/mol. The Morgan fingerprint density at radius 2 is 1.43 bits per heavy atom. The van der Waals surface area contributed by atoms with Crippen LogP contribution in [0.25, 0.3) is 0 Å². The summed E-state index contributed by atoms with van der Waals surface area (Å²) in [7, 11) is 1.53. The van der Waals surface area contributed by atoms with E-state index in [0.717, 1.165) is 0 Å². The summed E-state index contributed by atoms with van der Waals surface area (Å²) in [5.74, 6) is 1.04. The van der Waals surface area contributed by atoms with Crippen LogP contribution in [0, 0.1) is 0 Å². The first-order valence-corrected chi connectivity index (χ1v) is 11.2. The highest BCUT2D eigenvalue weighted by molar-refractivity contribution is 7.96. The molecule has 30 heavy (non-hydrogen) atoms. The van der Waals surface area contributed by atoms with Crippen molar-refractivity contribution in [3.05, 3.63) is 47.5 Å². The summed E-state index contributed by atoms with van der Waals surface area (Å²) >= 11 is 0. The number of carbonyl (C=O) groups excluding carboxylic acids is 2. The van der Waals surface area contributed by atoms with Crippen molar-refractivity contribution in [2.24, 2.45) is 0 Å². The average molecular weight is 434 g/mol. The minimum Gasteiger partial charge on any atom is -0.497 e. The number of hydrogen-bond donors (Lipinski definition) is 0. The lowest BCUT2D eigenvalue weighted by atomic mass is 10.2. The van der Waals surface area contributed by atoms with Gasteiger partial charge in [0.05, 0.1) is 34.0 Å². The van der Waals surface area contributed by atoms with Gasteiger partial charge in [0, 0.05) is 11.7 Å². The van der Waals surface area contributed by atoms with Gasteiger partial charge in [-0.15, -0.1) is 0 Å². The van der Waals surface area contributed by atoms with Crippen LogP contribution in [0.2, 0.25) is 0 Å². The molecule has 0 aliphatic carbocycles. The van der Waals surface area contributed by atoms with Gasteiger partial charge in [0.1, 0.15) is 28.6 Å². The predicted molar refractivity (Wildman–Crippen MR) is 115 cm³/mol. The number of hydrogen-bond acceptors (Lipinski definition) is 7. The van der Waals surface area contributed by atoms with Crippen molar-refractivity contribution in [2.75, 3.05) is 28.4 Å². The molecule has 0 amide bonds. The number of benzene rings is 2. The molecule has 0 saturated carbocycles. The number of carbonyl (C=O) groups is 2. The predicted octanol–water partition coefficient (Wildman–Crippen LogP) is 4.86. The molecule has 0 fully saturated rings. The second-order valence-corrected chi connectivity index (χ2v) is 9.64. The van der Waals surface area contributed by atoms with Gasteiger partial charge >= 0.3 is 0 Å². The van der Waals surface area contributed by atoms with Crippen LogP contribution in [0.4, 0.5) is 0 Å². The van der Waals surface area contributed by atoms with Crippen LogP contribution < -0.4 is 18.9 Å². The van der Waals surface area contributed by atoms with E-state index in [2.05, 4.69) is 0 Å². The number of rotatable bonds is 10. The van der Waals surface area contributed by atoms with Gasteiger partial charge in [0.2, 0.25) is 18.2 Å². The van der Waals surface area contributed by atoms with Crippen molar-refractivity contribution in [1.29, 1.82) is 0 Å². The molecule has 2 unspecified atom stereocenters. The van der Waals surface area contributed by atoms with Crippen molar-refractivity contribution in [1.82, 2.24) is 0 Å². The Balaban J connectivity index is 2.73. The molecule has 2 atom stereocenters. The highest BCUT2D eigenvalue weighted by Gasteiger charge is 2.47. The van der Waals surface area contributed by atoms with Crippen LogP contribution in [0.15, 0.2) is 36.4 Å². The third kappa shape index (κ3) is 4.08. The molecule has 2 aromatic rings. The lowest BCUT2D eigenvalue weighted by molar-refractivity contribution is 0.103. The van der Waals surface area contributed by atoms with Crippen LogP contribution in [0.1, 0.15) is 41.0 Å². The van der Waals surface area contributed by atoms with E-state index in [9.17, 15) is 14.2 Å². The Kier molecular flexibility index (Phi) is 7.68. The van der Waals surface area contributed by atoms with E-state index in [4.69, 9.17) is 18.9 Å². The Bertz CT molecular complexity index is 961. The zero-order valence-corrected chi connectivity index (χ0v) is 18.9. The van der Waals surface area contributed by atoms with Gasteiger partial charge in [-0.1, -0.05) is 19.9 Å². The first kappa shape index (κ1) is 23.5. The maximum Gasteiger partial charge on any atom is 0.236 e.